The van der Waals surface area contributed by atoms with Crippen molar-refractivity contribution in [2.45, 2.75) is 0 Å². The van der Waals surface area contributed by atoms with Crippen LogP contribution in [0.15, 0.2) is 176 Å². The third-order valence-corrected chi connectivity index (χ3v) is 10.3. The summed E-state index contributed by atoms with van der Waals surface area (Å²) in [4.78, 5) is 15.4. The van der Waals surface area contributed by atoms with Crippen molar-refractivity contribution in [1.29, 1.82) is 0 Å². The highest BCUT2D eigenvalue weighted by atomic mass is 15.2. The van der Waals surface area contributed by atoms with Crippen LogP contribution in [0.2, 0.25) is 0 Å². The molecule has 0 aliphatic rings. The fourth-order valence-electron chi connectivity index (χ4n) is 8.09. The average molecular weight is 664 g/mol. The van der Waals surface area contributed by atoms with Gasteiger partial charge in [0.2, 0.25) is 5.95 Å². The molecular formula is C47H29N5. The van der Waals surface area contributed by atoms with Gasteiger partial charge < -0.3 is 4.57 Å². The smallest absolute Gasteiger partial charge is 0.238 e. The van der Waals surface area contributed by atoms with E-state index < -0.39 is 0 Å². The van der Waals surface area contributed by atoms with Crippen molar-refractivity contribution < 1.29 is 0 Å². The summed E-state index contributed by atoms with van der Waals surface area (Å²) < 4.78 is 4.71. The number of nitrogens with zero attached hydrogens (tertiary/aromatic N) is 5. The molecule has 242 valence electrons. The SMILES string of the molecule is c1ccc(-c2nc(-c3ccccc3)nc(-n3c4ccccc4c4c(-n5c6ccccc6c6c7ccccc7ccc65)c5ccccc5cc43)n2)cc1. The second-order valence-corrected chi connectivity index (χ2v) is 13.2. The second kappa shape index (κ2) is 11.2. The maximum atomic E-state index is 5.21. The summed E-state index contributed by atoms with van der Waals surface area (Å²) in [6, 6.07) is 62.0. The molecule has 0 radical (unpaired) electrons. The van der Waals surface area contributed by atoms with Crippen LogP contribution in [0.4, 0.5) is 0 Å². The zero-order valence-electron chi connectivity index (χ0n) is 28.0. The zero-order chi connectivity index (χ0) is 34.2. The molecule has 0 bridgehead atoms. The Hall–Kier alpha value is -7.11. The van der Waals surface area contributed by atoms with E-state index in [4.69, 9.17) is 15.0 Å². The molecular weight excluding hydrogens is 635 g/mol. The zero-order valence-corrected chi connectivity index (χ0v) is 28.0. The van der Waals surface area contributed by atoms with E-state index >= 15 is 0 Å². The molecule has 0 aliphatic heterocycles. The maximum absolute atomic E-state index is 5.21. The fraction of sp³-hybridized carbons (Fsp3) is 0. The highest BCUT2D eigenvalue weighted by Gasteiger charge is 2.24. The number of hydrogen-bond acceptors (Lipinski definition) is 3. The van der Waals surface area contributed by atoms with Crippen LogP contribution in [0.3, 0.4) is 0 Å². The van der Waals surface area contributed by atoms with Gasteiger partial charge in [-0.15, -0.1) is 0 Å². The Morgan fingerprint density at radius 1 is 0.327 bits per heavy atom. The number of rotatable bonds is 4. The van der Waals surface area contributed by atoms with Gasteiger partial charge in [0.05, 0.1) is 27.8 Å². The average Bonchev–Trinajstić information content (AvgIpc) is 3.73. The number of para-hydroxylation sites is 2. The van der Waals surface area contributed by atoms with E-state index in [0.717, 1.165) is 44.0 Å². The Bertz CT molecular complexity index is 3120. The lowest BCUT2D eigenvalue weighted by molar-refractivity contribution is 0.953. The Morgan fingerprint density at radius 3 is 1.52 bits per heavy atom. The Balaban J connectivity index is 1.32. The first-order chi connectivity index (χ1) is 25.8. The predicted octanol–water partition coefficient (Wildman–Crippen LogP) is 11.7. The summed E-state index contributed by atoms with van der Waals surface area (Å²) in [5.74, 6) is 1.84. The summed E-state index contributed by atoms with van der Waals surface area (Å²) in [5, 5.41) is 9.58. The van der Waals surface area contributed by atoms with Crippen LogP contribution < -0.4 is 0 Å². The van der Waals surface area contributed by atoms with Gasteiger partial charge in [-0.05, 0) is 40.4 Å². The molecule has 0 N–H and O–H groups in total. The van der Waals surface area contributed by atoms with Gasteiger partial charge in [0.1, 0.15) is 0 Å². The van der Waals surface area contributed by atoms with E-state index in [1.807, 2.05) is 36.4 Å². The summed E-state index contributed by atoms with van der Waals surface area (Å²) in [6.45, 7) is 0. The highest BCUT2D eigenvalue weighted by Crippen LogP contribution is 2.44. The highest BCUT2D eigenvalue weighted by molar-refractivity contribution is 6.25. The lowest BCUT2D eigenvalue weighted by Gasteiger charge is -2.15. The summed E-state index contributed by atoms with van der Waals surface area (Å²) in [6.07, 6.45) is 0. The molecule has 11 aromatic rings. The van der Waals surface area contributed by atoms with E-state index in [1.54, 1.807) is 0 Å². The third-order valence-electron chi connectivity index (χ3n) is 10.3. The first kappa shape index (κ1) is 28.7. The topological polar surface area (TPSA) is 48.5 Å². The monoisotopic (exact) mass is 663 g/mol. The standard InChI is InChI=1S/C47H29N5/c1-3-16-31(17-4-1)45-48-46(32-18-5-2-6-19-32)50-47(49-45)52-39-26-14-12-24-37(39)43-41(52)29-33-20-8-10-22-35(33)44(43)51-38-25-13-11-23-36(38)42-34-21-9-7-15-30(34)27-28-40(42)51/h1-29H. The molecule has 3 aromatic heterocycles. The molecule has 0 spiro atoms. The van der Waals surface area contributed by atoms with Crippen LogP contribution in [0, 0.1) is 0 Å². The molecule has 5 nitrogen and oxygen atoms in total. The van der Waals surface area contributed by atoms with Gasteiger partial charge in [-0.3, -0.25) is 4.57 Å². The van der Waals surface area contributed by atoms with Gasteiger partial charge >= 0.3 is 0 Å². The molecule has 0 unspecified atom stereocenters. The normalized spacial score (nSPS) is 11.8. The summed E-state index contributed by atoms with van der Waals surface area (Å²) >= 11 is 0. The van der Waals surface area contributed by atoms with E-state index in [-0.39, 0.29) is 0 Å². The molecule has 0 saturated carbocycles. The van der Waals surface area contributed by atoms with Crippen molar-refractivity contribution in [3.8, 4) is 34.4 Å². The molecule has 0 saturated heterocycles. The van der Waals surface area contributed by atoms with Gasteiger partial charge in [-0.25, -0.2) is 4.98 Å². The van der Waals surface area contributed by atoms with Crippen LogP contribution in [-0.4, -0.2) is 24.1 Å². The second-order valence-electron chi connectivity index (χ2n) is 13.2. The maximum Gasteiger partial charge on any atom is 0.238 e. The molecule has 0 amide bonds. The quantitative estimate of drug-likeness (QED) is 0.188. The first-order valence-corrected chi connectivity index (χ1v) is 17.6. The van der Waals surface area contributed by atoms with Crippen molar-refractivity contribution in [3.05, 3.63) is 176 Å². The molecule has 11 rings (SSSR count). The summed E-state index contributed by atoms with van der Waals surface area (Å²) in [5.41, 5.74) is 7.43. The lowest BCUT2D eigenvalue weighted by atomic mass is 10.0. The fourth-order valence-corrected chi connectivity index (χ4v) is 8.09. The Labute approximate surface area is 298 Å². The molecule has 8 aromatic carbocycles. The Kier molecular flexibility index (Phi) is 6.18. The van der Waals surface area contributed by atoms with E-state index in [0.29, 0.717) is 17.6 Å². The number of benzene rings is 8. The number of hydrogen-bond donors (Lipinski definition) is 0. The van der Waals surface area contributed by atoms with Crippen LogP contribution >= 0.6 is 0 Å². The van der Waals surface area contributed by atoms with Gasteiger partial charge in [-0.1, -0.05) is 152 Å². The van der Waals surface area contributed by atoms with Gasteiger partial charge in [0.25, 0.3) is 0 Å². The van der Waals surface area contributed by atoms with Crippen molar-refractivity contribution >= 4 is 65.2 Å². The molecule has 0 aliphatic carbocycles. The van der Waals surface area contributed by atoms with E-state index in [1.165, 1.54) is 38.0 Å². The molecule has 0 atom stereocenters. The molecule has 0 fully saturated rings. The van der Waals surface area contributed by atoms with E-state index in [9.17, 15) is 0 Å². The van der Waals surface area contributed by atoms with Gasteiger partial charge in [0.15, 0.2) is 11.6 Å². The van der Waals surface area contributed by atoms with Crippen LogP contribution in [0.1, 0.15) is 0 Å². The molecule has 3 heterocycles. The molecule has 5 heteroatoms. The number of aromatic nitrogens is 5. The minimum Gasteiger partial charge on any atom is -0.308 e. The van der Waals surface area contributed by atoms with Crippen LogP contribution in [0.5, 0.6) is 0 Å². The van der Waals surface area contributed by atoms with Gasteiger partial charge in [0, 0.05) is 38.1 Å². The Morgan fingerprint density at radius 2 is 0.846 bits per heavy atom. The van der Waals surface area contributed by atoms with Crippen molar-refractivity contribution in [3.63, 3.8) is 0 Å². The van der Waals surface area contributed by atoms with Crippen molar-refractivity contribution in [2.75, 3.05) is 0 Å². The predicted molar refractivity (Wildman–Crippen MR) is 214 cm³/mol. The number of fused-ring (bicyclic) bond motifs is 9. The molecule has 52 heavy (non-hydrogen) atoms. The lowest BCUT2D eigenvalue weighted by Crippen LogP contribution is -2.06. The van der Waals surface area contributed by atoms with Crippen LogP contribution in [0.25, 0.3) is 99.6 Å². The third kappa shape index (κ3) is 4.20. The first-order valence-electron chi connectivity index (χ1n) is 17.6. The van der Waals surface area contributed by atoms with Crippen molar-refractivity contribution in [1.82, 2.24) is 24.1 Å². The minimum atomic E-state index is 0.577. The van der Waals surface area contributed by atoms with Crippen LogP contribution in [-0.2, 0) is 0 Å². The van der Waals surface area contributed by atoms with Gasteiger partial charge in [-0.2, -0.15) is 9.97 Å². The summed E-state index contributed by atoms with van der Waals surface area (Å²) in [7, 11) is 0. The minimum absolute atomic E-state index is 0.577. The largest absolute Gasteiger partial charge is 0.308 e. The van der Waals surface area contributed by atoms with E-state index in [2.05, 4.69) is 149 Å². The van der Waals surface area contributed by atoms with Crippen molar-refractivity contribution in [2.24, 2.45) is 0 Å².